The lowest BCUT2D eigenvalue weighted by atomic mass is 10.3. The number of thiocarbonyl (C=S) groups is 1. The molecule has 0 spiro atoms. The average Bonchev–Trinajstić information content (AvgIpc) is 2.43. The summed E-state index contributed by atoms with van der Waals surface area (Å²) in [5.41, 5.74) is 0.756. The molecule has 1 unspecified atom stereocenters. The zero-order chi connectivity index (χ0) is 10.1. The monoisotopic (exact) mass is 207 g/mol. The number of anilines is 1. The lowest BCUT2D eigenvalue weighted by molar-refractivity contribution is -0.121. The predicted molar refractivity (Wildman–Crippen MR) is 57.1 cm³/mol. The Morgan fingerprint density at radius 2 is 2.00 bits per heavy atom. The van der Waals surface area contributed by atoms with E-state index >= 15 is 0 Å². The van der Waals surface area contributed by atoms with Gasteiger partial charge in [-0.05, 0) is 31.3 Å². The molecule has 0 aliphatic carbocycles. The second kappa shape index (κ2) is 3.38. The molecule has 1 aliphatic rings. The van der Waals surface area contributed by atoms with Crippen LogP contribution in [0.3, 0.4) is 0 Å². The molecule has 2 rings (SSSR count). The van der Waals surface area contributed by atoms with Gasteiger partial charge in [-0.2, -0.15) is 0 Å². The van der Waals surface area contributed by atoms with E-state index in [1.165, 1.54) is 4.90 Å². The molecule has 14 heavy (non-hydrogen) atoms. The minimum atomic E-state index is -0.470. The molecule has 0 N–H and O–H groups in total. The van der Waals surface area contributed by atoms with Crippen LogP contribution in [0.2, 0.25) is 0 Å². The molecule has 1 aromatic rings. The maximum absolute atomic E-state index is 11.6. The number of ether oxygens (including phenoxy) is 1. The third-order valence-corrected chi connectivity index (χ3v) is 2.32. The van der Waals surface area contributed by atoms with Crippen molar-refractivity contribution in [3.8, 4) is 0 Å². The van der Waals surface area contributed by atoms with E-state index in [4.69, 9.17) is 17.0 Å². The highest BCUT2D eigenvalue weighted by Gasteiger charge is 2.35. The highest BCUT2D eigenvalue weighted by atomic mass is 32.1. The molecule has 1 aliphatic heterocycles. The third kappa shape index (κ3) is 1.37. The Labute approximate surface area is 87.3 Å². The van der Waals surface area contributed by atoms with Crippen LogP contribution >= 0.6 is 12.2 Å². The van der Waals surface area contributed by atoms with Crippen LogP contribution in [-0.2, 0) is 9.53 Å². The fraction of sp³-hybridized carbons (Fsp3) is 0.200. The molecule has 0 radical (unpaired) electrons. The van der Waals surface area contributed by atoms with Gasteiger partial charge in [-0.3, -0.25) is 4.79 Å². The summed E-state index contributed by atoms with van der Waals surface area (Å²) >= 11 is 4.96. The van der Waals surface area contributed by atoms with E-state index in [9.17, 15) is 4.79 Å². The zero-order valence-electron chi connectivity index (χ0n) is 7.64. The summed E-state index contributed by atoms with van der Waals surface area (Å²) in [6.45, 7) is 1.69. The Hall–Kier alpha value is -1.42. The standard InChI is InChI=1S/C10H9NO2S/c1-7-9(12)11(10(14)13-7)8-5-3-2-4-6-8/h2-7H,1H3. The quantitative estimate of drug-likeness (QED) is 0.657. The minimum Gasteiger partial charge on any atom is -0.457 e. The summed E-state index contributed by atoms with van der Waals surface area (Å²) in [6.07, 6.45) is -0.470. The molecule has 4 heteroatoms. The van der Waals surface area contributed by atoms with E-state index < -0.39 is 6.10 Å². The first-order valence-corrected chi connectivity index (χ1v) is 4.70. The van der Waals surface area contributed by atoms with Gasteiger partial charge < -0.3 is 4.74 Å². The molecule has 0 saturated carbocycles. The Kier molecular flexibility index (Phi) is 2.21. The molecule has 1 heterocycles. The van der Waals surface area contributed by atoms with Crippen LogP contribution in [0.1, 0.15) is 6.92 Å². The van der Waals surface area contributed by atoms with Gasteiger partial charge in [-0.15, -0.1) is 0 Å². The molecule has 1 amide bonds. The Morgan fingerprint density at radius 1 is 1.36 bits per heavy atom. The van der Waals surface area contributed by atoms with Crippen LogP contribution in [0.15, 0.2) is 30.3 Å². The SMILES string of the molecule is CC1OC(=S)N(c2ccccc2)C1=O. The van der Waals surface area contributed by atoms with Gasteiger partial charge in [-0.1, -0.05) is 18.2 Å². The summed E-state index contributed by atoms with van der Waals surface area (Å²) in [4.78, 5) is 13.0. The van der Waals surface area contributed by atoms with Crippen molar-refractivity contribution in [3.05, 3.63) is 30.3 Å². The maximum Gasteiger partial charge on any atom is 0.275 e. The molecular weight excluding hydrogens is 198 g/mol. The minimum absolute atomic E-state index is 0.110. The van der Waals surface area contributed by atoms with Crippen LogP contribution in [0, 0.1) is 0 Å². The highest BCUT2D eigenvalue weighted by Crippen LogP contribution is 2.21. The number of rotatable bonds is 1. The van der Waals surface area contributed by atoms with E-state index in [2.05, 4.69) is 0 Å². The van der Waals surface area contributed by atoms with Crippen molar-refractivity contribution in [2.45, 2.75) is 13.0 Å². The van der Waals surface area contributed by atoms with Gasteiger partial charge >= 0.3 is 0 Å². The van der Waals surface area contributed by atoms with E-state index in [1.54, 1.807) is 6.92 Å². The Balaban J connectivity index is 2.36. The van der Waals surface area contributed by atoms with Crippen LogP contribution in [0.5, 0.6) is 0 Å². The lowest BCUT2D eigenvalue weighted by Crippen LogP contribution is -2.30. The lowest BCUT2D eigenvalue weighted by Gasteiger charge is -2.12. The predicted octanol–water partition coefficient (Wildman–Crippen LogP) is 1.72. The van der Waals surface area contributed by atoms with Gasteiger partial charge in [0.1, 0.15) is 0 Å². The van der Waals surface area contributed by atoms with E-state index in [0.29, 0.717) is 0 Å². The van der Waals surface area contributed by atoms with Gasteiger partial charge in [-0.25, -0.2) is 4.90 Å². The number of amides is 1. The summed E-state index contributed by atoms with van der Waals surface area (Å²) in [5.74, 6) is -0.110. The Morgan fingerprint density at radius 3 is 2.50 bits per heavy atom. The number of benzene rings is 1. The van der Waals surface area contributed by atoms with Gasteiger partial charge in [0.25, 0.3) is 11.1 Å². The molecule has 1 saturated heterocycles. The number of hydrogen-bond donors (Lipinski definition) is 0. The molecule has 72 valence electrons. The van der Waals surface area contributed by atoms with Crippen molar-refractivity contribution >= 4 is 29.0 Å². The first kappa shape index (κ1) is 9.15. The molecule has 0 aromatic heterocycles. The average molecular weight is 207 g/mol. The molecule has 3 nitrogen and oxygen atoms in total. The molecule has 1 atom stereocenters. The Bertz CT molecular complexity index is 377. The van der Waals surface area contributed by atoms with Crippen molar-refractivity contribution in [1.29, 1.82) is 0 Å². The second-order valence-corrected chi connectivity index (χ2v) is 3.38. The largest absolute Gasteiger partial charge is 0.457 e. The smallest absolute Gasteiger partial charge is 0.275 e. The molecule has 0 bridgehead atoms. The van der Waals surface area contributed by atoms with Crippen molar-refractivity contribution in [1.82, 2.24) is 0 Å². The van der Waals surface area contributed by atoms with Crippen molar-refractivity contribution in [3.63, 3.8) is 0 Å². The first-order chi connectivity index (χ1) is 6.70. The van der Waals surface area contributed by atoms with Gasteiger partial charge in [0.05, 0.1) is 5.69 Å². The zero-order valence-corrected chi connectivity index (χ0v) is 8.45. The van der Waals surface area contributed by atoms with Crippen LogP contribution in [0.25, 0.3) is 0 Å². The van der Waals surface area contributed by atoms with Crippen molar-refractivity contribution < 1.29 is 9.53 Å². The van der Waals surface area contributed by atoms with E-state index in [0.717, 1.165) is 5.69 Å². The summed E-state index contributed by atoms with van der Waals surface area (Å²) in [5, 5.41) is 0.230. The normalized spacial score (nSPS) is 21.2. The van der Waals surface area contributed by atoms with Crippen LogP contribution < -0.4 is 4.90 Å². The number of para-hydroxylation sites is 1. The number of hydrogen-bond acceptors (Lipinski definition) is 3. The highest BCUT2D eigenvalue weighted by molar-refractivity contribution is 7.80. The maximum atomic E-state index is 11.6. The molecule has 1 aromatic carbocycles. The number of carbonyl (C=O) groups excluding carboxylic acids is 1. The second-order valence-electron chi connectivity index (χ2n) is 3.04. The third-order valence-electron chi connectivity index (χ3n) is 2.04. The van der Waals surface area contributed by atoms with Crippen LogP contribution in [0.4, 0.5) is 5.69 Å². The van der Waals surface area contributed by atoms with Gasteiger partial charge in [0.15, 0.2) is 6.10 Å². The van der Waals surface area contributed by atoms with E-state index in [-0.39, 0.29) is 11.1 Å². The van der Waals surface area contributed by atoms with E-state index in [1.807, 2.05) is 30.3 Å². The fourth-order valence-corrected chi connectivity index (χ4v) is 1.68. The number of carbonyl (C=O) groups is 1. The first-order valence-electron chi connectivity index (χ1n) is 4.30. The fourth-order valence-electron chi connectivity index (χ4n) is 1.34. The number of nitrogens with zero attached hydrogens (tertiary/aromatic N) is 1. The molecular formula is C10H9NO2S. The summed E-state index contributed by atoms with van der Waals surface area (Å²) < 4.78 is 5.15. The summed E-state index contributed by atoms with van der Waals surface area (Å²) in [6, 6.07) is 9.25. The van der Waals surface area contributed by atoms with Crippen LogP contribution in [-0.4, -0.2) is 17.2 Å². The topological polar surface area (TPSA) is 29.5 Å². The molecule has 1 fully saturated rings. The van der Waals surface area contributed by atoms with Gasteiger partial charge in [0, 0.05) is 0 Å². The van der Waals surface area contributed by atoms with Crippen molar-refractivity contribution in [2.24, 2.45) is 0 Å². The van der Waals surface area contributed by atoms with Gasteiger partial charge in [0.2, 0.25) is 0 Å². The summed E-state index contributed by atoms with van der Waals surface area (Å²) in [7, 11) is 0. The van der Waals surface area contributed by atoms with Crippen molar-refractivity contribution in [2.75, 3.05) is 4.90 Å².